The fraction of sp³-hybridized carbons (Fsp3) is 0.173. The van der Waals surface area contributed by atoms with Crippen molar-refractivity contribution in [2.24, 2.45) is 0 Å². The van der Waals surface area contributed by atoms with Gasteiger partial charge in [-0.2, -0.15) is 48.0 Å². The van der Waals surface area contributed by atoms with Crippen LogP contribution in [0.1, 0.15) is 58.2 Å². The van der Waals surface area contributed by atoms with Gasteiger partial charge in [-0.1, -0.05) is 144 Å². The molecular weight excluding hydrogens is 815 g/mol. The summed E-state index contributed by atoms with van der Waals surface area (Å²) in [5, 5.41) is 13.4. The van der Waals surface area contributed by atoms with Crippen LogP contribution in [0.3, 0.4) is 0 Å². The molecule has 0 aromatic heterocycles. The van der Waals surface area contributed by atoms with E-state index >= 15 is 0 Å². The second kappa shape index (κ2) is 20.1. The summed E-state index contributed by atoms with van der Waals surface area (Å²) in [7, 11) is 0. The summed E-state index contributed by atoms with van der Waals surface area (Å²) < 4.78 is 0. The van der Waals surface area contributed by atoms with Crippen LogP contribution in [0.5, 0.6) is 0 Å². The van der Waals surface area contributed by atoms with E-state index in [1.807, 2.05) is 30.3 Å². The van der Waals surface area contributed by atoms with Crippen LogP contribution >= 0.6 is 24.8 Å². The third-order valence-electron chi connectivity index (χ3n) is 10.1. The molecule has 0 saturated carbocycles. The molecule has 9 rings (SSSR count). The monoisotopic (exact) mass is 864 g/mol. The molecule has 0 spiro atoms. The van der Waals surface area contributed by atoms with Crippen LogP contribution in [0.2, 0.25) is 0 Å². The normalized spacial score (nSPS) is 10.8. The number of aryl methyl sites for hydroxylation is 1. The summed E-state index contributed by atoms with van der Waals surface area (Å²) in [5.41, 5.74) is 7.21. The molecule has 286 valence electrons. The number of hydrogen-bond donors (Lipinski definition) is 0. The molecule has 2 radical (unpaired) electrons. The van der Waals surface area contributed by atoms with Gasteiger partial charge in [0.2, 0.25) is 0 Å². The average molecular weight is 867 g/mol. The first-order valence-electron chi connectivity index (χ1n) is 18.4. The molecule has 0 saturated heterocycles. The number of benzene rings is 7. The van der Waals surface area contributed by atoms with Gasteiger partial charge in [-0.25, -0.2) is 0 Å². The van der Waals surface area contributed by atoms with Crippen molar-refractivity contribution in [3.8, 4) is 11.1 Å². The maximum atomic E-state index is 3.06. The maximum absolute atomic E-state index is 3.06. The number of rotatable bonds is 1. The molecule has 0 nitrogen and oxygen atoms in total. The van der Waals surface area contributed by atoms with E-state index in [9.17, 15) is 0 Å². The van der Waals surface area contributed by atoms with Crippen LogP contribution in [0.4, 0.5) is 0 Å². The first kappa shape index (κ1) is 46.6. The quantitative estimate of drug-likeness (QED) is 0.0876. The predicted molar refractivity (Wildman–Crippen MR) is 251 cm³/mol. The smallest absolute Gasteiger partial charge is 0.171 e. The summed E-state index contributed by atoms with van der Waals surface area (Å²) in [6.07, 6.45) is 0. The molecule has 0 unspecified atom stereocenters. The van der Waals surface area contributed by atoms with E-state index in [-0.39, 0.29) is 43.1 Å². The second-order valence-electron chi connectivity index (χ2n) is 15.8. The molecular formula is C52H52Cl2SiZr-4. The van der Waals surface area contributed by atoms with Crippen LogP contribution in [0.25, 0.3) is 65.0 Å². The minimum Gasteiger partial charge on any atom is -0.184 e. The van der Waals surface area contributed by atoms with Crippen LogP contribution in [-0.2, 0) is 34.2 Å². The molecule has 0 atom stereocenters. The van der Waals surface area contributed by atoms with Crippen LogP contribution < -0.4 is 0 Å². The fourth-order valence-electron chi connectivity index (χ4n) is 7.25. The zero-order valence-electron chi connectivity index (χ0n) is 33.8. The van der Waals surface area contributed by atoms with Crippen molar-refractivity contribution < 1.29 is 23.3 Å². The molecule has 0 aliphatic rings. The maximum Gasteiger partial charge on any atom is -0.171 e. The van der Waals surface area contributed by atoms with Crippen molar-refractivity contribution in [3.05, 3.63) is 188 Å². The molecule has 9 aromatic rings. The van der Waals surface area contributed by atoms with Gasteiger partial charge in [0, 0.05) is 0 Å². The van der Waals surface area contributed by atoms with Gasteiger partial charge in [0.15, 0.2) is 0 Å². The van der Waals surface area contributed by atoms with E-state index in [0.29, 0.717) is 0 Å². The fourth-order valence-corrected chi connectivity index (χ4v) is 7.25. The van der Waals surface area contributed by atoms with Crippen LogP contribution in [0.15, 0.2) is 158 Å². The SMILES string of the molecule is CC(C)(C)c1ccc2c(c1)[cH-]c1cc(C(C)(C)C)ccc12.Cc1c[cH-]c2cccc(-c3cc4ccccc4c4ccccc34)c12.Cl.Cl.[CH3-].[Si]=[Zr].[c-]1ccccc1. The Bertz CT molecular complexity index is 2540. The third-order valence-corrected chi connectivity index (χ3v) is 10.1. The van der Waals surface area contributed by atoms with Crippen molar-refractivity contribution in [1.82, 2.24) is 0 Å². The summed E-state index contributed by atoms with van der Waals surface area (Å²) in [6, 6.07) is 59.5. The Kier molecular flexibility index (Phi) is 16.7. The minimum atomic E-state index is 0. The van der Waals surface area contributed by atoms with Crippen molar-refractivity contribution in [3.63, 3.8) is 0 Å². The zero-order chi connectivity index (χ0) is 37.8. The number of hydrogen-bond acceptors (Lipinski definition) is 0. The standard InChI is InChI=1S/C24H17.C21H25.C6H5.CH3.2ClH.Si.Zr/c1-16-13-14-17-8-6-12-22(24(16)17)23-15-18-7-2-3-9-19(18)20-10-4-5-11-21(20)23;1-20(2,3)16-7-9-18-14(12-16)11-15-13-17(21(4,5)6)8-10-19(15)18;1-2-4-6-5-3-1;;;;;/h2-15H,1H3;7-13H,1-6H3;1-5H;1H3;2*1H;;/q4*-1;;;;. The largest absolute Gasteiger partial charge is 0.184 e. The molecule has 0 amide bonds. The predicted octanol–water partition coefficient (Wildman–Crippen LogP) is 15.5. The van der Waals surface area contributed by atoms with Crippen LogP contribution in [0, 0.1) is 20.4 Å². The van der Waals surface area contributed by atoms with E-state index in [4.69, 9.17) is 0 Å². The van der Waals surface area contributed by atoms with Gasteiger partial charge in [0.1, 0.15) is 0 Å². The molecule has 0 heterocycles. The zero-order valence-corrected chi connectivity index (χ0v) is 38.9. The summed E-state index contributed by atoms with van der Waals surface area (Å²) >= 11 is 1.36. The Morgan fingerprint density at radius 3 is 1.57 bits per heavy atom. The Morgan fingerprint density at radius 1 is 0.518 bits per heavy atom. The van der Waals surface area contributed by atoms with Crippen molar-refractivity contribution in [2.45, 2.75) is 59.3 Å². The molecule has 0 aliphatic heterocycles. The molecule has 0 aliphatic carbocycles. The van der Waals surface area contributed by atoms with E-state index in [1.54, 1.807) is 0 Å². The first-order valence-corrected chi connectivity index (χ1v) is 22.5. The van der Waals surface area contributed by atoms with Gasteiger partial charge < -0.3 is 7.43 Å². The molecule has 0 fully saturated rings. The summed E-state index contributed by atoms with van der Waals surface area (Å²) in [4.78, 5) is 0. The Balaban J connectivity index is 0.000000242. The molecule has 0 N–H and O–H groups in total. The van der Waals surface area contributed by atoms with Gasteiger partial charge in [0.05, 0.1) is 0 Å². The van der Waals surface area contributed by atoms with Gasteiger partial charge >= 0.3 is 30.2 Å². The minimum absolute atomic E-state index is 0. The van der Waals surface area contributed by atoms with Gasteiger partial charge in [0.25, 0.3) is 0 Å². The molecule has 0 bridgehead atoms. The van der Waals surface area contributed by atoms with Gasteiger partial charge in [-0.05, 0) is 44.0 Å². The Hall–Kier alpha value is -3.78. The number of fused-ring (bicyclic) bond motifs is 7. The summed E-state index contributed by atoms with van der Waals surface area (Å²) in [6.45, 7) is 18.9. The average Bonchev–Trinajstić information content (AvgIpc) is 3.75. The third kappa shape index (κ3) is 10.2. The van der Waals surface area contributed by atoms with Crippen molar-refractivity contribution in [2.75, 3.05) is 0 Å². The van der Waals surface area contributed by atoms with E-state index in [2.05, 4.69) is 189 Å². The van der Waals surface area contributed by atoms with Gasteiger partial charge in [-0.15, -0.1) is 93.5 Å². The van der Waals surface area contributed by atoms with E-state index in [1.165, 1.54) is 105 Å². The first-order chi connectivity index (χ1) is 25.5. The second-order valence-corrected chi connectivity index (χ2v) is 15.8. The van der Waals surface area contributed by atoms with Gasteiger partial charge in [-0.3, -0.25) is 0 Å². The van der Waals surface area contributed by atoms with Crippen LogP contribution in [-0.4, -0.2) is 6.88 Å². The van der Waals surface area contributed by atoms with E-state index < -0.39 is 0 Å². The molecule has 56 heavy (non-hydrogen) atoms. The van der Waals surface area contributed by atoms with Crippen molar-refractivity contribution in [1.29, 1.82) is 0 Å². The van der Waals surface area contributed by atoms with Crippen molar-refractivity contribution >= 4 is 85.6 Å². The topological polar surface area (TPSA) is 0 Å². The van der Waals surface area contributed by atoms with E-state index in [0.717, 1.165) is 0 Å². The molecule has 9 aromatic carbocycles. The molecule has 4 heteroatoms. The Morgan fingerprint density at radius 2 is 1.05 bits per heavy atom. The summed E-state index contributed by atoms with van der Waals surface area (Å²) in [5.74, 6) is 0. The Labute approximate surface area is 364 Å². The number of halogens is 2.